The molecule has 2 aromatic rings. The Kier molecular flexibility index (Phi) is 5.33. The molecule has 0 unspecified atom stereocenters. The summed E-state index contributed by atoms with van der Waals surface area (Å²) in [6.45, 7) is 6.30. The van der Waals surface area contributed by atoms with Crippen LogP contribution in [-0.4, -0.2) is 54.3 Å². The second-order valence-corrected chi connectivity index (χ2v) is 7.64. The lowest BCUT2D eigenvalue weighted by Crippen LogP contribution is -2.50. The van der Waals surface area contributed by atoms with Crippen molar-refractivity contribution in [3.8, 4) is 6.07 Å². The predicted octanol–water partition coefficient (Wildman–Crippen LogP) is 2.47. The van der Waals surface area contributed by atoms with Crippen LogP contribution < -0.4 is 4.90 Å². The molecule has 0 aliphatic carbocycles. The number of likely N-dealkylation sites (tertiary alicyclic amines) is 1. The van der Waals surface area contributed by atoms with E-state index in [0.29, 0.717) is 12.3 Å². The van der Waals surface area contributed by atoms with Gasteiger partial charge in [0.2, 0.25) is 0 Å². The van der Waals surface area contributed by atoms with Crippen LogP contribution in [-0.2, 0) is 11.3 Å². The van der Waals surface area contributed by atoms with Gasteiger partial charge in [-0.15, -0.1) is 0 Å². The lowest BCUT2D eigenvalue weighted by atomic mass is 9.80. The van der Waals surface area contributed by atoms with Crippen molar-refractivity contribution in [1.29, 1.82) is 5.26 Å². The Balaban J connectivity index is 1.51. The van der Waals surface area contributed by atoms with Crippen molar-refractivity contribution in [2.45, 2.75) is 19.4 Å². The van der Waals surface area contributed by atoms with Crippen molar-refractivity contribution >= 4 is 5.82 Å². The van der Waals surface area contributed by atoms with Crippen LogP contribution >= 0.6 is 0 Å². The Morgan fingerprint density at radius 2 is 2.04 bits per heavy atom. The number of pyridine rings is 2. The third kappa shape index (κ3) is 4.26. The highest BCUT2D eigenvalue weighted by Crippen LogP contribution is 2.34. The van der Waals surface area contributed by atoms with Crippen molar-refractivity contribution in [2.75, 3.05) is 44.3 Å². The molecule has 6 heteroatoms. The number of aromatic nitrogens is 2. The van der Waals surface area contributed by atoms with Gasteiger partial charge in [0.1, 0.15) is 17.6 Å². The monoisotopic (exact) mass is 363 g/mol. The molecule has 2 aliphatic rings. The Morgan fingerprint density at radius 3 is 2.89 bits per heavy atom. The van der Waals surface area contributed by atoms with Crippen molar-refractivity contribution in [3.05, 3.63) is 54.0 Å². The molecule has 0 N–H and O–H groups in total. The minimum atomic E-state index is 0.103. The van der Waals surface area contributed by atoms with Gasteiger partial charge in [0.25, 0.3) is 0 Å². The molecule has 1 atom stereocenters. The molecule has 140 valence electrons. The van der Waals surface area contributed by atoms with E-state index in [0.717, 1.165) is 51.6 Å². The summed E-state index contributed by atoms with van der Waals surface area (Å²) in [6, 6.07) is 12.0. The third-order valence-electron chi connectivity index (χ3n) is 5.51. The second kappa shape index (κ2) is 8.03. The van der Waals surface area contributed by atoms with E-state index < -0.39 is 0 Å². The summed E-state index contributed by atoms with van der Waals surface area (Å²) >= 11 is 0. The summed E-state index contributed by atoms with van der Waals surface area (Å²) in [5.41, 5.74) is 1.87. The second-order valence-electron chi connectivity index (χ2n) is 7.64. The molecule has 4 rings (SSSR count). The fraction of sp³-hybridized carbons (Fsp3) is 0.476. The average Bonchev–Trinajstić information content (AvgIpc) is 2.91. The summed E-state index contributed by atoms with van der Waals surface area (Å²) < 4.78 is 6.02. The smallest absolute Gasteiger partial charge is 0.142 e. The number of anilines is 1. The minimum absolute atomic E-state index is 0.103. The van der Waals surface area contributed by atoms with Gasteiger partial charge in [-0.1, -0.05) is 6.07 Å². The van der Waals surface area contributed by atoms with Crippen molar-refractivity contribution in [2.24, 2.45) is 5.41 Å². The van der Waals surface area contributed by atoms with Gasteiger partial charge in [-0.25, -0.2) is 4.98 Å². The number of hydrogen-bond donors (Lipinski definition) is 0. The van der Waals surface area contributed by atoms with Gasteiger partial charge in [-0.05, 0) is 49.2 Å². The van der Waals surface area contributed by atoms with Crippen LogP contribution in [0, 0.1) is 16.7 Å². The Hall–Kier alpha value is -2.49. The topological polar surface area (TPSA) is 65.3 Å². The summed E-state index contributed by atoms with van der Waals surface area (Å²) in [7, 11) is 0. The Morgan fingerprint density at radius 1 is 1.15 bits per heavy atom. The normalized spacial score (nSPS) is 23.7. The van der Waals surface area contributed by atoms with Crippen LogP contribution in [0.3, 0.4) is 0 Å². The van der Waals surface area contributed by atoms with Crippen molar-refractivity contribution in [3.63, 3.8) is 0 Å². The molecule has 2 fully saturated rings. The summed E-state index contributed by atoms with van der Waals surface area (Å²) in [5, 5.41) is 9.17. The highest BCUT2D eigenvalue weighted by molar-refractivity contribution is 5.42. The van der Waals surface area contributed by atoms with Gasteiger partial charge in [0.05, 0.1) is 13.2 Å². The van der Waals surface area contributed by atoms with Crippen molar-refractivity contribution in [1.82, 2.24) is 14.9 Å². The van der Waals surface area contributed by atoms with Gasteiger partial charge in [-0.3, -0.25) is 9.88 Å². The standard InChI is InChI=1S/C21H25N5O/c22-13-19-3-1-4-20(24-19)26-11-12-27-17-21(16-26)7-2-10-25(15-21)14-18-5-8-23-9-6-18/h1,3-6,8-9H,2,7,10-12,14-17H2/t21-/m1/s1. The molecule has 27 heavy (non-hydrogen) atoms. The molecule has 2 saturated heterocycles. The van der Waals surface area contributed by atoms with E-state index >= 15 is 0 Å². The predicted molar refractivity (Wildman–Crippen MR) is 103 cm³/mol. The van der Waals surface area contributed by atoms with Crippen LogP contribution in [0.4, 0.5) is 5.82 Å². The first-order valence-corrected chi connectivity index (χ1v) is 9.58. The minimum Gasteiger partial charge on any atom is -0.379 e. The zero-order valence-corrected chi connectivity index (χ0v) is 15.5. The maximum absolute atomic E-state index is 9.17. The molecule has 0 amide bonds. The summed E-state index contributed by atoms with van der Waals surface area (Å²) in [6.07, 6.45) is 6.06. The molecule has 2 aliphatic heterocycles. The number of rotatable bonds is 3. The number of piperidine rings is 1. The van der Waals surface area contributed by atoms with Crippen LogP contribution in [0.15, 0.2) is 42.7 Å². The Labute approximate surface area is 160 Å². The lowest BCUT2D eigenvalue weighted by Gasteiger charge is -2.43. The Bertz CT molecular complexity index is 806. The number of nitrogens with zero attached hydrogens (tertiary/aromatic N) is 5. The zero-order chi connectivity index (χ0) is 18.5. The third-order valence-corrected chi connectivity index (χ3v) is 5.51. The van der Waals surface area contributed by atoms with E-state index in [2.05, 4.69) is 38.0 Å². The number of nitriles is 1. The first-order valence-electron chi connectivity index (χ1n) is 9.58. The molecule has 0 radical (unpaired) electrons. The largest absolute Gasteiger partial charge is 0.379 e. The molecule has 0 aromatic carbocycles. The van der Waals surface area contributed by atoms with Crippen LogP contribution in [0.1, 0.15) is 24.1 Å². The SMILES string of the molecule is N#Cc1cccc(N2CCOC[C@@]3(CCCN(Cc4ccncc4)C3)C2)n1. The van der Waals surface area contributed by atoms with Crippen LogP contribution in [0.25, 0.3) is 0 Å². The molecule has 0 saturated carbocycles. The van der Waals surface area contributed by atoms with Gasteiger partial charge >= 0.3 is 0 Å². The van der Waals surface area contributed by atoms with E-state index in [9.17, 15) is 0 Å². The van der Waals surface area contributed by atoms with E-state index in [1.54, 1.807) is 6.07 Å². The molecule has 0 bridgehead atoms. The number of hydrogen-bond acceptors (Lipinski definition) is 6. The van der Waals surface area contributed by atoms with Gasteiger partial charge in [-0.2, -0.15) is 5.26 Å². The van der Waals surface area contributed by atoms with Gasteiger partial charge < -0.3 is 9.64 Å². The van der Waals surface area contributed by atoms with Crippen LogP contribution in [0.2, 0.25) is 0 Å². The van der Waals surface area contributed by atoms with Gasteiger partial charge in [0, 0.05) is 44.0 Å². The summed E-state index contributed by atoms with van der Waals surface area (Å²) in [5.74, 6) is 0.880. The molecule has 6 nitrogen and oxygen atoms in total. The van der Waals surface area contributed by atoms with E-state index in [4.69, 9.17) is 10.00 Å². The molecule has 1 spiro atoms. The maximum atomic E-state index is 9.17. The average molecular weight is 363 g/mol. The first kappa shape index (κ1) is 17.9. The molecule has 4 heterocycles. The van der Waals surface area contributed by atoms with E-state index in [1.807, 2.05) is 24.5 Å². The van der Waals surface area contributed by atoms with E-state index in [1.165, 1.54) is 12.0 Å². The molecule has 2 aromatic heterocycles. The lowest BCUT2D eigenvalue weighted by molar-refractivity contribution is 0.0106. The number of ether oxygens (including phenoxy) is 1. The fourth-order valence-electron chi connectivity index (χ4n) is 4.29. The van der Waals surface area contributed by atoms with Crippen molar-refractivity contribution < 1.29 is 4.74 Å². The van der Waals surface area contributed by atoms with Crippen LogP contribution in [0.5, 0.6) is 0 Å². The van der Waals surface area contributed by atoms with E-state index in [-0.39, 0.29) is 5.41 Å². The first-order chi connectivity index (χ1) is 13.3. The molecular formula is C21H25N5O. The fourth-order valence-corrected chi connectivity index (χ4v) is 4.29. The zero-order valence-electron chi connectivity index (χ0n) is 15.5. The highest BCUT2D eigenvalue weighted by atomic mass is 16.5. The highest BCUT2D eigenvalue weighted by Gasteiger charge is 2.39. The molecular weight excluding hydrogens is 338 g/mol. The quantitative estimate of drug-likeness (QED) is 0.835. The van der Waals surface area contributed by atoms with Gasteiger partial charge in [0.15, 0.2) is 0 Å². The maximum Gasteiger partial charge on any atom is 0.142 e. The summed E-state index contributed by atoms with van der Waals surface area (Å²) in [4.78, 5) is 13.5.